The van der Waals surface area contributed by atoms with Crippen LogP contribution in [-0.2, 0) is 0 Å². The molecule has 0 saturated heterocycles. The summed E-state index contributed by atoms with van der Waals surface area (Å²) < 4.78 is 1.21. The number of quaternary nitrogens is 1. The Morgan fingerprint density at radius 1 is 0.275 bits per heavy atom. The predicted molar refractivity (Wildman–Crippen MR) is 182 cm³/mol. The molecule has 0 bridgehead atoms. The summed E-state index contributed by atoms with van der Waals surface area (Å²) in [5.74, 6) is 0. The van der Waals surface area contributed by atoms with E-state index in [1.54, 1.807) is 0 Å². The zero-order chi connectivity index (χ0) is 29.2. The van der Waals surface area contributed by atoms with E-state index in [0.717, 1.165) is 6.54 Å². The summed E-state index contributed by atoms with van der Waals surface area (Å²) >= 11 is 0. The number of hydrogen-bond donors (Lipinski definition) is 1. The molecule has 0 saturated carbocycles. The molecule has 242 valence electrons. The van der Waals surface area contributed by atoms with Crippen molar-refractivity contribution in [2.75, 3.05) is 32.8 Å². The van der Waals surface area contributed by atoms with E-state index in [-0.39, 0.29) is 0 Å². The number of unbranched alkanes of at least 4 members (excludes halogenated alkanes) is 27. The fourth-order valence-corrected chi connectivity index (χ4v) is 6.69. The summed E-state index contributed by atoms with van der Waals surface area (Å²) in [7, 11) is 0. The molecule has 2 nitrogen and oxygen atoms in total. The van der Waals surface area contributed by atoms with Crippen LogP contribution in [0.3, 0.4) is 0 Å². The molecule has 0 fully saturated rings. The van der Waals surface area contributed by atoms with Gasteiger partial charge in [0.05, 0.1) is 26.2 Å². The van der Waals surface area contributed by atoms with Gasteiger partial charge in [-0.15, -0.1) is 0 Å². The lowest BCUT2D eigenvalue weighted by molar-refractivity contribution is -0.929. The highest BCUT2D eigenvalue weighted by Crippen LogP contribution is 2.19. The van der Waals surface area contributed by atoms with Crippen molar-refractivity contribution in [3.05, 3.63) is 0 Å². The van der Waals surface area contributed by atoms with Crippen LogP contribution >= 0.6 is 0 Å². The first-order chi connectivity index (χ1) is 19.7. The van der Waals surface area contributed by atoms with Crippen LogP contribution in [0.15, 0.2) is 0 Å². The third-order valence-electron chi connectivity index (χ3n) is 9.53. The van der Waals surface area contributed by atoms with E-state index in [4.69, 9.17) is 0 Å². The Bertz CT molecular complexity index is 391. The van der Waals surface area contributed by atoms with Crippen molar-refractivity contribution in [2.24, 2.45) is 0 Å². The van der Waals surface area contributed by atoms with Crippen molar-refractivity contribution in [1.82, 2.24) is 0 Å². The van der Waals surface area contributed by atoms with Crippen molar-refractivity contribution >= 4 is 0 Å². The average Bonchev–Trinajstić information content (AvgIpc) is 2.96. The van der Waals surface area contributed by atoms with E-state index in [2.05, 4.69) is 20.8 Å². The van der Waals surface area contributed by atoms with Gasteiger partial charge in [-0.25, -0.2) is 0 Å². The molecule has 2 heteroatoms. The summed E-state index contributed by atoms with van der Waals surface area (Å²) in [6.07, 6.45) is 42.5. The fourth-order valence-electron chi connectivity index (χ4n) is 6.69. The summed E-state index contributed by atoms with van der Waals surface area (Å²) in [6.45, 7) is 12.2. The van der Waals surface area contributed by atoms with Crippen LogP contribution in [0, 0.1) is 0 Å². The average molecular weight is 567 g/mol. The van der Waals surface area contributed by atoms with Crippen LogP contribution < -0.4 is 0 Å². The molecule has 0 unspecified atom stereocenters. The van der Waals surface area contributed by atoms with E-state index >= 15 is 0 Å². The summed E-state index contributed by atoms with van der Waals surface area (Å²) in [4.78, 5) is 0. The lowest BCUT2D eigenvalue weighted by atomic mass is 10.0. The van der Waals surface area contributed by atoms with Crippen LogP contribution in [0.5, 0.6) is 0 Å². The molecule has 1 N–H and O–H groups in total. The molecule has 0 aliphatic rings. The maximum Gasteiger partial charge on any atom is 0.102 e. The second-order valence-electron chi connectivity index (χ2n) is 13.5. The molecule has 40 heavy (non-hydrogen) atoms. The van der Waals surface area contributed by atoms with E-state index in [1.165, 1.54) is 217 Å². The van der Waals surface area contributed by atoms with Crippen molar-refractivity contribution in [3.8, 4) is 0 Å². The third-order valence-corrected chi connectivity index (χ3v) is 9.53. The molecule has 0 aliphatic carbocycles. The quantitative estimate of drug-likeness (QED) is 0.0597. The number of hydrogen-bond acceptors (Lipinski definition) is 1. The van der Waals surface area contributed by atoms with Gasteiger partial charge in [-0.1, -0.05) is 175 Å². The normalized spacial score (nSPS) is 12.0. The second kappa shape index (κ2) is 33.4. The first-order valence-corrected chi connectivity index (χ1v) is 19.2. The Kier molecular flexibility index (Phi) is 33.4. The van der Waals surface area contributed by atoms with Crippen LogP contribution in [0.25, 0.3) is 0 Å². The largest absolute Gasteiger partial charge is 0.391 e. The standard InChI is InChI=1S/C38H80NO/c1-4-7-10-13-16-19-22-25-28-31-34-39(37-38-40,35-32-29-26-23-20-17-14-11-8-5-2)36-33-30-27-24-21-18-15-12-9-6-3/h40H,4-38H2,1-3H3/q+1. The van der Waals surface area contributed by atoms with Gasteiger partial charge in [0.1, 0.15) is 6.54 Å². The van der Waals surface area contributed by atoms with E-state index in [9.17, 15) is 5.11 Å². The van der Waals surface area contributed by atoms with Gasteiger partial charge in [-0.05, 0) is 38.5 Å². The smallest absolute Gasteiger partial charge is 0.102 e. The van der Waals surface area contributed by atoms with Gasteiger partial charge in [0.2, 0.25) is 0 Å². The lowest BCUT2D eigenvalue weighted by Gasteiger charge is -2.39. The van der Waals surface area contributed by atoms with E-state index < -0.39 is 0 Å². The molecule has 0 aliphatic heterocycles. The highest BCUT2D eigenvalue weighted by Gasteiger charge is 2.25. The maximum absolute atomic E-state index is 10.1. The van der Waals surface area contributed by atoms with Crippen molar-refractivity contribution in [2.45, 2.75) is 213 Å². The first kappa shape index (κ1) is 39.9. The topological polar surface area (TPSA) is 20.2 Å². The molecule has 0 spiro atoms. The van der Waals surface area contributed by atoms with Gasteiger partial charge < -0.3 is 9.59 Å². The third kappa shape index (κ3) is 28.1. The van der Waals surface area contributed by atoms with Crippen LogP contribution in [-0.4, -0.2) is 42.4 Å². The fraction of sp³-hybridized carbons (Fsp3) is 1.00. The first-order valence-electron chi connectivity index (χ1n) is 19.2. The maximum atomic E-state index is 10.1. The molecule has 0 atom stereocenters. The summed E-state index contributed by atoms with van der Waals surface area (Å²) in [6, 6.07) is 0. The van der Waals surface area contributed by atoms with Gasteiger partial charge in [0, 0.05) is 0 Å². The highest BCUT2D eigenvalue weighted by molar-refractivity contribution is 4.55. The van der Waals surface area contributed by atoms with Gasteiger partial charge in [0.25, 0.3) is 0 Å². The molecule has 0 amide bonds. The Labute approximate surface area is 255 Å². The Morgan fingerprint density at radius 3 is 0.675 bits per heavy atom. The van der Waals surface area contributed by atoms with Gasteiger partial charge in [0.15, 0.2) is 0 Å². The molecule has 0 rings (SSSR count). The number of rotatable bonds is 35. The van der Waals surface area contributed by atoms with Gasteiger partial charge in [-0.2, -0.15) is 0 Å². The molecule has 0 radical (unpaired) electrons. The molecule has 0 heterocycles. The highest BCUT2D eigenvalue weighted by atomic mass is 16.3. The van der Waals surface area contributed by atoms with Gasteiger partial charge >= 0.3 is 0 Å². The van der Waals surface area contributed by atoms with Crippen molar-refractivity contribution in [3.63, 3.8) is 0 Å². The zero-order valence-electron chi connectivity index (χ0n) is 28.6. The number of aliphatic hydroxyl groups excluding tert-OH is 1. The van der Waals surface area contributed by atoms with Crippen molar-refractivity contribution in [1.29, 1.82) is 0 Å². The van der Waals surface area contributed by atoms with E-state index in [1.807, 2.05) is 0 Å². The predicted octanol–water partition coefficient (Wildman–Crippen LogP) is 12.6. The van der Waals surface area contributed by atoms with Crippen LogP contribution in [0.1, 0.15) is 213 Å². The summed E-state index contributed by atoms with van der Waals surface area (Å²) in [5.41, 5.74) is 0. The Hall–Kier alpha value is -0.0800. The molecular weight excluding hydrogens is 486 g/mol. The minimum Gasteiger partial charge on any atom is -0.391 e. The molecule has 0 aromatic heterocycles. The Balaban J connectivity index is 4.36. The van der Waals surface area contributed by atoms with Crippen molar-refractivity contribution < 1.29 is 9.59 Å². The van der Waals surface area contributed by atoms with Crippen LogP contribution in [0.4, 0.5) is 0 Å². The zero-order valence-corrected chi connectivity index (χ0v) is 28.6. The minimum atomic E-state index is 0.368. The monoisotopic (exact) mass is 567 g/mol. The summed E-state index contributed by atoms with van der Waals surface area (Å²) in [5, 5.41) is 10.1. The van der Waals surface area contributed by atoms with Gasteiger partial charge in [-0.3, -0.25) is 0 Å². The van der Waals surface area contributed by atoms with E-state index in [0.29, 0.717) is 6.61 Å². The number of nitrogens with zero attached hydrogens (tertiary/aromatic N) is 1. The second-order valence-corrected chi connectivity index (χ2v) is 13.5. The number of aliphatic hydroxyl groups is 1. The molecule has 0 aromatic rings. The minimum absolute atomic E-state index is 0.368. The molecule has 0 aromatic carbocycles. The SMILES string of the molecule is CCCCCCCCCCCC[N+](CCO)(CCCCCCCCCCCC)CCCCCCCCCCCC. The van der Waals surface area contributed by atoms with Crippen LogP contribution in [0.2, 0.25) is 0 Å². The lowest BCUT2D eigenvalue weighted by Crippen LogP contribution is -2.51. The molecular formula is C38H80NO+. The Morgan fingerprint density at radius 2 is 0.475 bits per heavy atom.